The molecule has 22 heavy (non-hydrogen) atoms. The van der Waals surface area contributed by atoms with Crippen LogP contribution in [-0.4, -0.2) is 84.6 Å². The van der Waals surface area contributed by atoms with E-state index in [9.17, 15) is 0 Å². The van der Waals surface area contributed by atoms with Crippen LogP contribution in [0.3, 0.4) is 0 Å². The van der Waals surface area contributed by atoms with Gasteiger partial charge in [-0.2, -0.15) is 0 Å². The summed E-state index contributed by atoms with van der Waals surface area (Å²) in [5, 5.41) is 32.3. The van der Waals surface area contributed by atoms with E-state index in [4.69, 9.17) is 20.4 Å². The summed E-state index contributed by atoms with van der Waals surface area (Å²) in [6, 6.07) is 0. The van der Waals surface area contributed by atoms with E-state index in [-0.39, 0.29) is 62.3 Å². The average Bonchev–Trinajstić information content (AvgIpc) is 2.44. The maximum absolute atomic E-state index is 8.07. The van der Waals surface area contributed by atoms with Crippen molar-refractivity contribution in [2.75, 3.05) is 26.4 Å². The first-order valence-corrected chi connectivity index (χ1v) is 8.09. The first-order valence-electron chi connectivity index (χ1n) is 8.09. The molecule has 6 heteroatoms. The Morgan fingerprint density at radius 1 is 0.500 bits per heavy atom. The molecular weight excluding hydrogens is 344 g/mol. The van der Waals surface area contributed by atoms with Crippen LogP contribution in [0, 0.1) is 0 Å². The van der Waals surface area contributed by atoms with Gasteiger partial charge in [0.05, 0.1) is 0 Å². The zero-order valence-corrected chi connectivity index (χ0v) is 19.3. The van der Waals surface area contributed by atoms with Crippen molar-refractivity contribution in [2.45, 2.75) is 79.1 Å². The van der Waals surface area contributed by atoms with Crippen molar-refractivity contribution in [2.24, 2.45) is 0 Å². The molecule has 0 unspecified atom stereocenters. The normalized spacial score (nSPS) is 7.64. The third-order valence-corrected chi connectivity index (χ3v) is 2.05. The maximum Gasteiger partial charge on any atom is 2.00 e. The molecule has 0 aromatic heterocycles. The quantitative estimate of drug-likeness (QED) is 0.484. The molecule has 0 spiro atoms. The fourth-order valence-electron chi connectivity index (χ4n) is 0.632. The molecule has 0 fully saturated rings. The van der Waals surface area contributed by atoms with Crippen LogP contribution in [0.5, 0.6) is 0 Å². The van der Waals surface area contributed by atoms with E-state index in [2.05, 4.69) is 27.7 Å². The van der Waals surface area contributed by atoms with Gasteiger partial charge in [-0.15, -0.1) is 0 Å². The molecule has 0 aromatic rings. The van der Waals surface area contributed by atoms with E-state index < -0.39 is 0 Å². The predicted octanol–water partition coefficient (Wildman–Crippen LogP) is 2.96. The maximum atomic E-state index is 8.07. The molecule has 136 valence electrons. The first-order chi connectivity index (χ1) is 9.66. The van der Waals surface area contributed by atoms with Crippen molar-refractivity contribution in [1.29, 1.82) is 0 Å². The first kappa shape index (κ1) is 39.1. The molecule has 0 heterocycles. The van der Waals surface area contributed by atoms with Gasteiger partial charge in [-0.3, -0.25) is 0 Å². The van der Waals surface area contributed by atoms with Crippen molar-refractivity contribution < 1.29 is 45.0 Å². The predicted molar refractivity (Wildman–Crippen MR) is 96.0 cm³/mol. The van der Waals surface area contributed by atoms with Crippen LogP contribution >= 0.6 is 0 Å². The van der Waals surface area contributed by atoms with Crippen molar-refractivity contribution in [3.8, 4) is 0 Å². The molecule has 0 aliphatic rings. The number of rotatable bonds is 8. The molecule has 0 rings (SSSR count). The van der Waals surface area contributed by atoms with Gasteiger partial charge in [-0.25, -0.2) is 0 Å². The average molecular weight is 386 g/mol. The SMILES string of the molecule is CCCCO.CCCCO.CCCCO.CCCCO.[Ca+2].[H-].[H-].[Ti]. The fraction of sp³-hybridized carbons (Fsp3) is 1.00. The van der Waals surface area contributed by atoms with Gasteiger partial charge in [0.2, 0.25) is 0 Å². The smallest absolute Gasteiger partial charge is 1.00 e. The summed E-state index contributed by atoms with van der Waals surface area (Å²) >= 11 is 0. The van der Waals surface area contributed by atoms with Crippen LogP contribution in [0.25, 0.3) is 0 Å². The molecule has 0 atom stereocenters. The van der Waals surface area contributed by atoms with Gasteiger partial charge in [0.15, 0.2) is 0 Å². The molecule has 4 nitrogen and oxygen atoms in total. The zero-order chi connectivity index (χ0) is 16.5. The molecule has 0 saturated carbocycles. The molecule has 0 radical (unpaired) electrons. The van der Waals surface area contributed by atoms with Gasteiger partial charge in [0, 0.05) is 48.1 Å². The van der Waals surface area contributed by atoms with Crippen molar-refractivity contribution in [1.82, 2.24) is 0 Å². The Labute approximate surface area is 186 Å². The Bertz CT molecular complexity index is 90.1. The summed E-state index contributed by atoms with van der Waals surface area (Å²) in [6.45, 7) is 9.58. The number of hydrogen-bond donors (Lipinski definition) is 4. The second kappa shape index (κ2) is 56.9. The fourth-order valence-corrected chi connectivity index (χ4v) is 0.632. The van der Waals surface area contributed by atoms with E-state index in [1.807, 2.05) is 0 Å². The number of aliphatic hydroxyl groups is 4. The largest absolute Gasteiger partial charge is 2.00 e. The van der Waals surface area contributed by atoms with Crippen molar-refractivity contribution >= 4 is 37.7 Å². The van der Waals surface area contributed by atoms with Gasteiger partial charge in [0.25, 0.3) is 0 Å². The van der Waals surface area contributed by atoms with Crippen LogP contribution in [0.4, 0.5) is 0 Å². The third-order valence-electron chi connectivity index (χ3n) is 2.05. The number of hydrogen-bond acceptors (Lipinski definition) is 4. The monoisotopic (exact) mass is 386 g/mol. The number of unbranched alkanes of at least 4 members (excludes halogenated alkanes) is 4. The molecule has 0 aromatic carbocycles. The van der Waals surface area contributed by atoms with E-state index in [0.717, 1.165) is 51.4 Å². The van der Waals surface area contributed by atoms with E-state index in [1.54, 1.807) is 0 Å². The summed E-state index contributed by atoms with van der Waals surface area (Å²) in [5.74, 6) is 0. The summed E-state index contributed by atoms with van der Waals surface area (Å²) in [6.07, 6.45) is 8.15. The Balaban J connectivity index is -0.0000000225. The zero-order valence-electron chi connectivity index (χ0n) is 17.5. The molecular formula is C16H42CaO4Ti. The minimum absolute atomic E-state index is 0. The van der Waals surface area contributed by atoms with E-state index in [1.165, 1.54) is 0 Å². The minimum Gasteiger partial charge on any atom is -1.00 e. The van der Waals surface area contributed by atoms with Crippen molar-refractivity contribution in [3.05, 3.63) is 0 Å². The van der Waals surface area contributed by atoms with Crippen LogP contribution in [0.1, 0.15) is 81.9 Å². The molecule has 0 bridgehead atoms. The van der Waals surface area contributed by atoms with Crippen LogP contribution in [-0.2, 0) is 21.7 Å². The molecule has 0 amide bonds. The topological polar surface area (TPSA) is 80.9 Å². The molecule has 4 N–H and O–H groups in total. The van der Waals surface area contributed by atoms with E-state index >= 15 is 0 Å². The summed E-state index contributed by atoms with van der Waals surface area (Å²) in [4.78, 5) is 0. The van der Waals surface area contributed by atoms with Gasteiger partial charge in [-0.1, -0.05) is 53.4 Å². The summed E-state index contributed by atoms with van der Waals surface area (Å²) in [5.41, 5.74) is 0. The molecule has 0 saturated heterocycles. The van der Waals surface area contributed by atoms with Gasteiger partial charge in [0.1, 0.15) is 0 Å². The summed E-state index contributed by atoms with van der Waals surface area (Å²) < 4.78 is 0. The van der Waals surface area contributed by atoms with E-state index in [0.29, 0.717) is 26.4 Å². The Morgan fingerprint density at radius 3 is 0.636 bits per heavy atom. The summed E-state index contributed by atoms with van der Waals surface area (Å²) in [7, 11) is 0. The van der Waals surface area contributed by atoms with Gasteiger partial charge in [-0.05, 0) is 25.7 Å². The number of aliphatic hydroxyl groups excluding tert-OH is 4. The van der Waals surface area contributed by atoms with Gasteiger partial charge >= 0.3 is 37.7 Å². The van der Waals surface area contributed by atoms with Crippen LogP contribution in [0.15, 0.2) is 0 Å². The Hall–Kier alpha value is 1.81. The molecule has 0 aliphatic carbocycles. The van der Waals surface area contributed by atoms with Crippen molar-refractivity contribution in [3.63, 3.8) is 0 Å². The third kappa shape index (κ3) is 98.1. The second-order valence-corrected chi connectivity index (χ2v) is 4.31. The van der Waals surface area contributed by atoms with Crippen LogP contribution < -0.4 is 0 Å². The standard InChI is InChI=1S/4C4H10O.Ca.Ti.2H/c4*1-2-3-4-5;;;;/h4*5H,2-4H2,1H3;;;;/q;;;;+2;;2*-1. The molecule has 0 aliphatic heterocycles. The van der Waals surface area contributed by atoms with Crippen LogP contribution in [0.2, 0.25) is 0 Å². The Morgan fingerprint density at radius 2 is 0.636 bits per heavy atom. The minimum atomic E-state index is 0. The Kier molecular flexibility index (Phi) is 101. The van der Waals surface area contributed by atoms with Gasteiger partial charge < -0.3 is 23.3 Å². The second-order valence-electron chi connectivity index (χ2n) is 4.31.